The molecular formula is C13H11N3O3. The van der Waals surface area contributed by atoms with Crippen LogP contribution in [0.3, 0.4) is 0 Å². The number of aromatic nitrogens is 3. The third-order valence-electron chi connectivity index (χ3n) is 3.15. The molecule has 0 amide bonds. The first kappa shape index (κ1) is 10.5. The maximum atomic E-state index is 5.27. The molecule has 0 saturated heterocycles. The molecule has 4 rings (SSSR count). The van der Waals surface area contributed by atoms with Gasteiger partial charge in [-0.2, -0.15) is 4.98 Å². The third-order valence-corrected chi connectivity index (χ3v) is 3.15. The van der Waals surface area contributed by atoms with Gasteiger partial charge in [-0.05, 0) is 18.9 Å². The Bertz CT molecular complexity index is 680. The van der Waals surface area contributed by atoms with E-state index in [9.17, 15) is 0 Å². The summed E-state index contributed by atoms with van der Waals surface area (Å²) in [6.07, 6.45) is 6.02. The van der Waals surface area contributed by atoms with E-state index in [-0.39, 0.29) is 0 Å². The summed E-state index contributed by atoms with van der Waals surface area (Å²) in [5.41, 5.74) is 1.83. The predicted octanol–water partition coefficient (Wildman–Crippen LogP) is 2.79. The van der Waals surface area contributed by atoms with Crippen molar-refractivity contribution in [3.8, 4) is 11.4 Å². The van der Waals surface area contributed by atoms with Gasteiger partial charge in [-0.3, -0.25) is 0 Å². The quantitative estimate of drug-likeness (QED) is 0.715. The summed E-state index contributed by atoms with van der Waals surface area (Å²) in [4.78, 5) is 4.29. The van der Waals surface area contributed by atoms with Gasteiger partial charge >= 0.3 is 0 Å². The molecule has 3 aromatic rings. The average Bonchev–Trinajstić information content (AvgIpc) is 2.90. The molecule has 96 valence electrons. The molecule has 0 spiro atoms. The molecule has 6 heteroatoms. The highest BCUT2D eigenvalue weighted by Gasteiger charge is 2.27. The Labute approximate surface area is 108 Å². The molecule has 1 aliphatic carbocycles. The highest BCUT2D eigenvalue weighted by Crippen LogP contribution is 2.39. The van der Waals surface area contributed by atoms with E-state index in [0.29, 0.717) is 24.1 Å². The van der Waals surface area contributed by atoms with Crippen LogP contribution in [0.2, 0.25) is 0 Å². The van der Waals surface area contributed by atoms with Gasteiger partial charge in [-0.1, -0.05) is 10.3 Å². The lowest BCUT2D eigenvalue weighted by atomic mass is 10.2. The van der Waals surface area contributed by atoms with Crippen molar-refractivity contribution in [2.24, 2.45) is 0 Å². The number of hydrogen-bond acceptors (Lipinski definition) is 6. The first-order chi connectivity index (χ1) is 9.38. The zero-order chi connectivity index (χ0) is 12.7. The van der Waals surface area contributed by atoms with Gasteiger partial charge in [0.25, 0.3) is 0 Å². The Morgan fingerprint density at radius 1 is 1.21 bits per heavy atom. The smallest absolute Gasteiger partial charge is 0.234 e. The van der Waals surface area contributed by atoms with Crippen LogP contribution in [0.5, 0.6) is 0 Å². The molecule has 0 aliphatic heterocycles. The summed E-state index contributed by atoms with van der Waals surface area (Å²) in [6, 6.07) is 3.76. The zero-order valence-electron chi connectivity index (χ0n) is 10.1. The maximum absolute atomic E-state index is 5.27. The topological polar surface area (TPSA) is 78.1 Å². The van der Waals surface area contributed by atoms with Crippen LogP contribution in [-0.4, -0.2) is 15.3 Å². The van der Waals surface area contributed by atoms with Crippen LogP contribution in [0.15, 0.2) is 38.1 Å². The van der Waals surface area contributed by atoms with Crippen LogP contribution in [0.4, 0.5) is 0 Å². The Hall–Kier alpha value is -2.37. The number of hydrogen-bond donors (Lipinski definition) is 0. The van der Waals surface area contributed by atoms with Crippen molar-refractivity contribution >= 4 is 0 Å². The molecule has 3 aromatic heterocycles. The van der Waals surface area contributed by atoms with Crippen LogP contribution in [-0.2, 0) is 6.42 Å². The van der Waals surface area contributed by atoms with Gasteiger partial charge in [0.1, 0.15) is 12.0 Å². The summed E-state index contributed by atoms with van der Waals surface area (Å²) < 4.78 is 15.4. The second-order valence-electron chi connectivity index (χ2n) is 4.69. The SMILES string of the molecule is c1cc(-c2noc(Cc3cc(C4CC4)no3)n2)co1. The first-order valence-corrected chi connectivity index (χ1v) is 6.19. The normalized spacial score (nSPS) is 14.9. The van der Waals surface area contributed by atoms with Crippen LogP contribution in [0.1, 0.15) is 36.1 Å². The molecule has 1 aliphatic rings. The van der Waals surface area contributed by atoms with Crippen molar-refractivity contribution in [3.05, 3.63) is 42.0 Å². The van der Waals surface area contributed by atoms with Crippen molar-refractivity contribution in [1.82, 2.24) is 15.3 Å². The lowest BCUT2D eigenvalue weighted by molar-refractivity contribution is 0.349. The van der Waals surface area contributed by atoms with E-state index < -0.39 is 0 Å². The second kappa shape index (κ2) is 4.08. The minimum atomic E-state index is 0.463. The van der Waals surface area contributed by atoms with Gasteiger partial charge in [-0.15, -0.1) is 0 Å². The largest absolute Gasteiger partial charge is 0.472 e. The van der Waals surface area contributed by atoms with Gasteiger partial charge < -0.3 is 13.5 Å². The van der Waals surface area contributed by atoms with Crippen molar-refractivity contribution < 1.29 is 13.5 Å². The van der Waals surface area contributed by atoms with Crippen LogP contribution >= 0.6 is 0 Å². The lowest BCUT2D eigenvalue weighted by Crippen LogP contribution is -1.85. The molecule has 0 unspecified atom stereocenters. The minimum absolute atomic E-state index is 0.463. The van der Waals surface area contributed by atoms with Crippen LogP contribution in [0.25, 0.3) is 11.4 Å². The van der Waals surface area contributed by atoms with Crippen molar-refractivity contribution in [2.75, 3.05) is 0 Å². The molecule has 0 radical (unpaired) electrons. The summed E-state index contributed by atoms with van der Waals surface area (Å²) in [5.74, 6) is 2.37. The Morgan fingerprint density at radius 2 is 2.16 bits per heavy atom. The van der Waals surface area contributed by atoms with Crippen molar-refractivity contribution in [1.29, 1.82) is 0 Å². The fourth-order valence-electron chi connectivity index (χ4n) is 1.97. The highest BCUT2D eigenvalue weighted by atomic mass is 16.5. The van der Waals surface area contributed by atoms with E-state index in [0.717, 1.165) is 17.0 Å². The molecule has 19 heavy (non-hydrogen) atoms. The zero-order valence-corrected chi connectivity index (χ0v) is 10.1. The minimum Gasteiger partial charge on any atom is -0.472 e. The standard InChI is InChI=1S/C13H11N3O3/c1-2-8(1)11-5-10(18-15-11)6-12-14-13(16-19-12)9-3-4-17-7-9/h3-5,7-8H,1-2,6H2. The van der Waals surface area contributed by atoms with Gasteiger partial charge in [-0.25, -0.2) is 0 Å². The first-order valence-electron chi connectivity index (χ1n) is 6.19. The fourth-order valence-corrected chi connectivity index (χ4v) is 1.97. The summed E-state index contributed by atoms with van der Waals surface area (Å²) in [5, 5.41) is 7.95. The summed E-state index contributed by atoms with van der Waals surface area (Å²) in [6.45, 7) is 0. The molecule has 0 atom stereocenters. The lowest BCUT2D eigenvalue weighted by Gasteiger charge is -1.86. The average molecular weight is 257 g/mol. The summed E-state index contributed by atoms with van der Waals surface area (Å²) >= 11 is 0. The van der Waals surface area contributed by atoms with Crippen LogP contribution in [0, 0.1) is 0 Å². The van der Waals surface area contributed by atoms with Crippen molar-refractivity contribution in [3.63, 3.8) is 0 Å². The fraction of sp³-hybridized carbons (Fsp3) is 0.308. The van der Waals surface area contributed by atoms with E-state index in [1.807, 2.05) is 6.07 Å². The molecule has 1 saturated carbocycles. The molecule has 1 fully saturated rings. The maximum Gasteiger partial charge on any atom is 0.234 e. The Balaban J connectivity index is 1.52. The predicted molar refractivity (Wildman–Crippen MR) is 63.3 cm³/mol. The highest BCUT2D eigenvalue weighted by molar-refractivity contribution is 5.51. The molecule has 3 heterocycles. The van der Waals surface area contributed by atoms with Crippen molar-refractivity contribution in [2.45, 2.75) is 25.2 Å². The molecular weight excluding hydrogens is 246 g/mol. The van der Waals surface area contributed by atoms with Gasteiger partial charge in [0.05, 0.1) is 23.9 Å². The van der Waals surface area contributed by atoms with E-state index in [4.69, 9.17) is 13.5 Å². The van der Waals surface area contributed by atoms with E-state index in [2.05, 4.69) is 15.3 Å². The number of rotatable bonds is 4. The molecule has 6 nitrogen and oxygen atoms in total. The number of nitrogens with zero attached hydrogens (tertiary/aromatic N) is 3. The van der Waals surface area contributed by atoms with Crippen LogP contribution < -0.4 is 0 Å². The number of furan rings is 1. The Morgan fingerprint density at radius 3 is 2.95 bits per heavy atom. The van der Waals surface area contributed by atoms with E-state index in [1.165, 1.54) is 12.8 Å². The Kier molecular flexibility index (Phi) is 2.26. The van der Waals surface area contributed by atoms with Gasteiger partial charge in [0.15, 0.2) is 0 Å². The molecule has 0 bridgehead atoms. The van der Waals surface area contributed by atoms with Gasteiger partial charge in [0, 0.05) is 12.0 Å². The summed E-state index contributed by atoms with van der Waals surface area (Å²) in [7, 11) is 0. The third kappa shape index (κ3) is 2.05. The van der Waals surface area contributed by atoms with E-state index >= 15 is 0 Å². The molecule has 0 aromatic carbocycles. The monoisotopic (exact) mass is 257 g/mol. The van der Waals surface area contributed by atoms with Gasteiger partial charge in [0.2, 0.25) is 11.7 Å². The van der Waals surface area contributed by atoms with E-state index in [1.54, 1.807) is 18.6 Å². The second-order valence-corrected chi connectivity index (χ2v) is 4.69. The molecule has 0 N–H and O–H groups in total.